The second kappa shape index (κ2) is 8.59. The van der Waals surface area contributed by atoms with Gasteiger partial charge in [-0.25, -0.2) is 0 Å². The third-order valence-electron chi connectivity index (χ3n) is 6.06. The third-order valence-corrected chi connectivity index (χ3v) is 6.06. The number of ether oxygens (including phenoxy) is 1. The van der Waals surface area contributed by atoms with E-state index in [4.69, 9.17) is 4.74 Å². The van der Waals surface area contributed by atoms with Gasteiger partial charge in [0.1, 0.15) is 5.75 Å². The van der Waals surface area contributed by atoms with E-state index in [1.165, 1.54) is 11.3 Å². The zero-order valence-electron chi connectivity index (χ0n) is 18.6. The average molecular weight is 423 g/mol. The van der Waals surface area contributed by atoms with Gasteiger partial charge >= 0.3 is 0 Å². The molecule has 1 unspecified atom stereocenters. The van der Waals surface area contributed by atoms with Gasteiger partial charge in [0.2, 0.25) is 0 Å². The Hall–Kier alpha value is -3.06. The van der Waals surface area contributed by atoms with Crippen molar-refractivity contribution in [2.75, 3.05) is 43.4 Å². The summed E-state index contributed by atoms with van der Waals surface area (Å²) >= 11 is 0. The van der Waals surface area contributed by atoms with E-state index in [2.05, 4.69) is 33.4 Å². The number of hydrogen-bond donors (Lipinski definition) is 2. The Morgan fingerprint density at radius 1 is 1.13 bits per heavy atom. The topological polar surface area (TPSA) is 73.9 Å². The Balaban J connectivity index is 1.40. The molecular weight excluding hydrogens is 392 g/mol. The molecule has 0 aromatic heterocycles. The molecule has 2 N–H and O–H groups in total. The maximum absolute atomic E-state index is 12.0. The van der Waals surface area contributed by atoms with Crippen molar-refractivity contribution >= 4 is 23.2 Å². The summed E-state index contributed by atoms with van der Waals surface area (Å²) in [6.45, 7) is 10.4. The van der Waals surface area contributed by atoms with Crippen LogP contribution < -0.4 is 20.3 Å². The number of nitrogens with zero attached hydrogens (tertiary/aromatic N) is 2. The van der Waals surface area contributed by atoms with Gasteiger partial charge in [-0.1, -0.05) is 6.07 Å². The summed E-state index contributed by atoms with van der Waals surface area (Å²) in [6, 6.07) is 10.1. The standard InChI is InChI=1S/C24H30N4O3/c1-15-12-19(24(30)25-4)5-6-21(15)28-9-7-27(8-10-28)14-18-11-16(2)22-20(13-18)26-23(29)17(3)31-22/h5-6,11-13,17H,7-10,14H2,1-4H3,(H,25,30)(H,26,29). The van der Waals surface area contributed by atoms with Crippen molar-refractivity contribution in [2.45, 2.75) is 33.4 Å². The molecule has 0 aliphatic carbocycles. The van der Waals surface area contributed by atoms with Crippen LogP contribution in [0.5, 0.6) is 5.75 Å². The van der Waals surface area contributed by atoms with Crippen LogP contribution in [0.3, 0.4) is 0 Å². The molecule has 0 bridgehead atoms. The molecule has 2 aliphatic heterocycles. The Morgan fingerprint density at radius 3 is 2.55 bits per heavy atom. The summed E-state index contributed by atoms with van der Waals surface area (Å²) in [7, 11) is 1.65. The third kappa shape index (κ3) is 4.37. The summed E-state index contributed by atoms with van der Waals surface area (Å²) in [4.78, 5) is 28.6. The van der Waals surface area contributed by atoms with Crippen LogP contribution in [0.25, 0.3) is 0 Å². The molecule has 0 saturated carbocycles. The van der Waals surface area contributed by atoms with Crippen LogP contribution >= 0.6 is 0 Å². The number of hydrogen-bond acceptors (Lipinski definition) is 5. The number of fused-ring (bicyclic) bond motifs is 1. The van der Waals surface area contributed by atoms with Crippen LogP contribution in [0.15, 0.2) is 30.3 Å². The molecule has 2 amide bonds. The fraction of sp³-hybridized carbons (Fsp3) is 0.417. The molecular formula is C24H30N4O3. The lowest BCUT2D eigenvalue weighted by Gasteiger charge is -2.37. The SMILES string of the molecule is CNC(=O)c1ccc(N2CCN(Cc3cc(C)c4c(c3)NC(=O)C(C)O4)CC2)c(C)c1. The van der Waals surface area contributed by atoms with E-state index >= 15 is 0 Å². The monoisotopic (exact) mass is 422 g/mol. The van der Waals surface area contributed by atoms with Crippen molar-refractivity contribution < 1.29 is 14.3 Å². The van der Waals surface area contributed by atoms with Crippen LogP contribution in [0, 0.1) is 13.8 Å². The maximum Gasteiger partial charge on any atom is 0.265 e. The van der Waals surface area contributed by atoms with Gasteiger partial charge in [0, 0.05) is 51.0 Å². The first-order chi connectivity index (χ1) is 14.9. The largest absolute Gasteiger partial charge is 0.478 e. The molecule has 2 heterocycles. The molecule has 164 valence electrons. The summed E-state index contributed by atoms with van der Waals surface area (Å²) < 4.78 is 5.77. The Labute approximate surface area is 183 Å². The lowest BCUT2D eigenvalue weighted by Crippen LogP contribution is -2.46. The molecule has 0 radical (unpaired) electrons. The van der Waals surface area contributed by atoms with E-state index < -0.39 is 6.10 Å². The van der Waals surface area contributed by atoms with Crippen LogP contribution in [0.4, 0.5) is 11.4 Å². The Morgan fingerprint density at radius 2 is 1.87 bits per heavy atom. The second-order valence-electron chi connectivity index (χ2n) is 8.38. The minimum atomic E-state index is -0.459. The predicted octanol–water partition coefficient (Wildman–Crippen LogP) is 2.70. The van der Waals surface area contributed by atoms with Crippen LogP contribution in [0.1, 0.15) is 34.0 Å². The lowest BCUT2D eigenvalue weighted by molar-refractivity contribution is -0.122. The number of benzene rings is 2. The number of aryl methyl sites for hydroxylation is 2. The molecule has 7 nitrogen and oxygen atoms in total. The molecule has 0 spiro atoms. The van der Waals surface area contributed by atoms with Crippen molar-refractivity contribution in [2.24, 2.45) is 0 Å². The van der Waals surface area contributed by atoms with E-state index in [0.29, 0.717) is 5.56 Å². The van der Waals surface area contributed by atoms with Gasteiger partial charge in [-0.2, -0.15) is 0 Å². The molecule has 1 fully saturated rings. The molecule has 1 saturated heterocycles. The van der Waals surface area contributed by atoms with E-state index in [0.717, 1.165) is 55.3 Å². The van der Waals surface area contributed by atoms with Crippen molar-refractivity contribution in [1.29, 1.82) is 0 Å². The number of nitrogens with one attached hydrogen (secondary N) is 2. The first kappa shape index (κ1) is 21.2. The highest BCUT2D eigenvalue weighted by Crippen LogP contribution is 2.34. The molecule has 2 aromatic carbocycles. The number of rotatable bonds is 4. The molecule has 2 aliphatic rings. The van der Waals surface area contributed by atoms with Crippen molar-refractivity contribution in [3.05, 3.63) is 52.6 Å². The highest BCUT2D eigenvalue weighted by Gasteiger charge is 2.26. The van der Waals surface area contributed by atoms with Crippen LogP contribution in [-0.2, 0) is 11.3 Å². The zero-order valence-corrected chi connectivity index (χ0v) is 18.6. The molecule has 31 heavy (non-hydrogen) atoms. The van der Waals surface area contributed by atoms with Gasteiger partial charge in [0.15, 0.2) is 6.10 Å². The minimum Gasteiger partial charge on any atom is -0.478 e. The van der Waals surface area contributed by atoms with E-state index in [-0.39, 0.29) is 11.8 Å². The van der Waals surface area contributed by atoms with Crippen molar-refractivity contribution in [1.82, 2.24) is 10.2 Å². The van der Waals surface area contributed by atoms with Gasteiger partial charge in [0.25, 0.3) is 11.8 Å². The predicted molar refractivity (Wildman–Crippen MR) is 122 cm³/mol. The highest BCUT2D eigenvalue weighted by atomic mass is 16.5. The minimum absolute atomic E-state index is 0.0594. The molecule has 1 atom stereocenters. The molecule has 4 rings (SSSR count). The smallest absolute Gasteiger partial charge is 0.265 e. The lowest BCUT2D eigenvalue weighted by atomic mass is 10.1. The first-order valence-corrected chi connectivity index (χ1v) is 10.8. The number of carbonyl (C=O) groups is 2. The molecule has 2 aromatic rings. The number of anilines is 2. The maximum atomic E-state index is 12.0. The second-order valence-corrected chi connectivity index (χ2v) is 8.38. The fourth-order valence-corrected chi connectivity index (χ4v) is 4.35. The average Bonchev–Trinajstić information content (AvgIpc) is 2.75. The van der Waals surface area contributed by atoms with E-state index in [1.54, 1.807) is 14.0 Å². The van der Waals surface area contributed by atoms with Crippen molar-refractivity contribution in [3.8, 4) is 5.75 Å². The summed E-state index contributed by atoms with van der Waals surface area (Å²) in [5.41, 5.74) is 5.98. The van der Waals surface area contributed by atoms with Crippen LogP contribution in [-0.4, -0.2) is 56.0 Å². The summed E-state index contributed by atoms with van der Waals surface area (Å²) in [6.07, 6.45) is -0.459. The van der Waals surface area contributed by atoms with E-state index in [1.807, 2.05) is 31.2 Å². The van der Waals surface area contributed by atoms with Crippen molar-refractivity contribution in [3.63, 3.8) is 0 Å². The zero-order chi connectivity index (χ0) is 22.1. The van der Waals surface area contributed by atoms with Crippen LogP contribution in [0.2, 0.25) is 0 Å². The van der Waals surface area contributed by atoms with E-state index in [9.17, 15) is 9.59 Å². The number of piperazine rings is 1. The fourth-order valence-electron chi connectivity index (χ4n) is 4.35. The normalized spacial score (nSPS) is 18.8. The Bertz CT molecular complexity index is 1010. The van der Waals surface area contributed by atoms with Gasteiger partial charge < -0.3 is 20.3 Å². The van der Waals surface area contributed by atoms with Gasteiger partial charge in [-0.15, -0.1) is 0 Å². The highest BCUT2D eigenvalue weighted by molar-refractivity contribution is 5.98. The Kier molecular flexibility index (Phi) is 5.87. The quantitative estimate of drug-likeness (QED) is 0.793. The first-order valence-electron chi connectivity index (χ1n) is 10.8. The summed E-state index contributed by atoms with van der Waals surface area (Å²) in [5, 5.41) is 5.63. The number of amides is 2. The number of carbonyl (C=O) groups excluding carboxylic acids is 2. The van der Waals surface area contributed by atoms with Gasteiger partial charge in [-0.05, 0) is 61.7 Å². The van der Waals surface area contributed by atoms with Gasteiger partial charge in [0.05, 0.1) is 5.69 Å². The summed E-state index contributed by atoms with van der Waals surface area (Å²) in [5.74, 6) is 0.614. The van der Waals surface area contributed by atoms with Gasteiger partial charge in [-0.3, -0.25) is 14.5 Å². The molecule has 7 heteroatoms.